The van der Waals surface area contributed by atoms with Crippen LogP contribution in [-0.2, 0) is 0 Å². The number of amidine groups is 1. The molecule has 1 spiro atoms. The van der Waals surface area contributed by atoms with Crippen molar-refractivity contribution in [3.8, 4) is 0 Å². The first-order valence-corrected chi connectivity index (χ1v) is 8.20. The summed E-state index contributed by atoms with van der Waals surface area (Å²) in [6.45, 7) is 3.41. The number of aliphatic imine (C=N–C) groups is 1. The molecule has 0 aromatic carbocycles. The third-order valence-electron chi connectivity index (χ3n) is 4.95. The van der Waals surface area contributed by atoms with Crippen LogP contribution in [0.2, 0.25) is 0 Å². The molecular formula is C14H24N2S. The molecule has 1 N–H and O–H groups in total. The summed E-state index contributed by atoms with van der Waals surface area (Å²) in [7, 11) is 0. The Morgan fingerprint density at radius 1 is 1.29 bits per heavy atom. The van der Waals surface area contributed by atoms with E-state index in [4.69, 9.17) is 4.99 Å². The third-order valence-corrected chi connectivity index (χ3v) is 6.22. The first-order valence-electron chi connectivity index (χ1n) is 7.21. The average Bonchev–Trinajstić information content (AvgIpc) is 2.68. The Hall–Kier alpha value is -0.180. The summed E-state index contributed by atoms with van der Waals surface area (Å²) < 4.78 is 0. The van der Waals surface area contributed by atoms with Crippen molar-refractivity contribution >= 4 is 16.9 Å². The Balaban J connectivity index is 1.53. The van der Waals surface area contributed by atoms with Crippen molar-refractivity contribution in [2.75, 3.05) is 12.3 Å². The minimum atomic E-state index is 0.579. The Morgan fingerprint density at radius 2 is 2.06 bits per heavy atom. The van der Waals surface area contributed by atoms with Gasteiger partial charge >= 0.3 is 0 Å². The molecule has 1 heterocycles. The Labute approximate surface area is 109 Å². The van der Waals surface area contributed by atoms with Crippen molar-refractivity contribution in [1.29, 1.82) is 0 Å². The molecule has 0 aromatic heterocycles. The second-order valence-corrected chi connectivity index (χ2v) is 7.21. The summed E-state index contributed by atoms with van der Waals surface area (Å²) in [5, 5.41) is 4.86. The molecule has 2 aliphatic carbocycles. The van der Waals surface area contributed by atoms with E-state index in [-0.39, 0.29) is 0 Å². The molecule has 3 heteroatoms. The van der Waals surface area contributed by atoms with Crippen LogP contribution >= 0.6 is 11.8 Å². The standard InChI is InChI=1S/C14H24N2S/c1-11(12-5-4-6-12)16-13-15-9-14(10-17-13)7-2-3-8-14/h11-12H,2-10H2,1H3,(H,15,16). The maximum Gasteiger partial charge on any atom is 0.156 e. The van der Waals surface area contributed by atoms with E-state index in [1.54, 1.807) is 0 Å². The molecule has 17 heavy (non-hydrogen) atoms. The van der Waals surface area contributed by atoms with Crippen LogP contribution in [0.25, 0.3) is 0 Å². The molecule has 2 nitrogen and oxygen atoms in total. The van der Waals surface area contributed by atoms with Crippen molar-refractivity contribution in [3.05, 3.63) is 0 Å². The lowest BCUT2D eigenvalue weighted by atomic mass is 9.80. The van der Waals surface area contributed by atoms with E-state index < -0.39 is 0 Å². The Kier molecular flexibility index (Phi) is 3.38. The zero-order valence-electron chi connectivity index (χ0n) is 10.9. The summed E-state index contributed by atoms with van der Waals surface area (Å²) in [6, 6.07) is 0.632. The Bertz CT molecular complexity index is 303. The number of hydrogen-bond acceptors (Lipinski definition) is 3. The van der Waals surface area contributed by atoms with Crippen LogP contribution in [0.1, 0.15) is 51.9 Å². The highest BCUT2D eigenvalue weighted by Crippen LogP contribution is 2.43. The van der Waals surface area contributed by atoms with E-state index in [0.717, 1.165) is 12.5 Å². The first kappa shape index (κ1) is 11.9. The summed E-state index contributed by atoms with van der Waals surface area (Å²) in [5.74, 6) is 2.21. The summed E-state index contributed by atoms with van der Waals surface area (Å²) >= 11 is 1.98. The zero-order valence-corrected chi connectivity index (χ0v) is 11.7. The number of thioether (sulfide) groups is 1. The second-order valence-electron chi connectivity index (χ2n) is 6.24. The maximum atomic E-state index is 4.81. The van der Waals surface area contributed by atoms with E-state index in [9.17, 15) is 0 Å². The molecule has 0 aromatic rings. The van der Waals surface area contributed by atoms with Crippen LogP contribution in [0.4, 0.5) is 0 Å². The lowest BCUT2D eigenvalue weighted by molar-refractivity contribution is 0.259. The van der Waals surface area contributed by atoms with E-state index in [0.29, 0.717) is 11.5 Å². The maximum absolute atomic E-state index is 4.81. The molecule has 0 radical (unpaired) electrons. The smallest absolute Gasteiger partial charge is 0.156 e. The Morgan fingerprint density at radius 3 is 2.59 bits per heavy atom. The zero-order chi connectivity index (χ0) is 11.7. The van der Waals surface area contributed by atoms with E-state index >= 15 is 0 Å². The molecule has 3 rings (SSSR count). The van der Waals surface area contributed by atoms with Gasteiger partial charge in [-0.25, -0.2) is 0 Å². The van der Waals surface area contributed by atoms with Crippen LogP contribution < -0.4 is 5.32 Å². The number of nitrogens with zero attached hydrogens (tertiary/aromatic N) is 1. The van der Waals surface area contributed by atoms with E-state index in [1.807, 2.05) is 11.8 Å². The summed E-state index contributed by atoms with van der Waals surface area (Å²) in [4.78, 5) is 4.81. The van der Waals surface area contributed by atoms with Gasteiger partial charge in [-0.1, -0.05) is 31.0 Å². The average molecular weight is 252 g/mol. The molecular weight excluding hydrogens is 228 g/mol. The molecule has 1 unspecified atom stereocenters. The fourth-order valence-corrected chi connectivity index (χ4v) is 4.57. The quantitative estimate of drug-likeness (QED) is 0.814. The number of rotatable bonds is 2. The van der Waals surface area contributed by atoms with Crippen LogP contribution in [-0.4, -0.2) is 23.5 Å². The fraction of sp³-hybridized carbons (Fsp3) is 0.929. The van der Waals surface area contributed by atoms with Gasteiger partial charge in [-0.15, -0.1) is 0 Å². The van der Waals surface area contributed by atoms with Gasteiger partial charge in [0.2, 0.25) is 0 Å². The minimum Gasteiger partial charge on any atom is -0.362 e. The monoisotopic (exact) mass is 252 g/mol. The summed E-state index contributed by atoms with van der Waals surface area (Å²) in [5.41, 5.74) is 0.579. The number of hydrogen-bond donors (Lipinski definition) is 1. The van der Waals surface area contributed by atoms with Gasteiger partial charge in [-0.3, -0.25) is 4.99 Å². The fourth-order valence-electron chi connectivity index (χ4n) is 3.32. The van der Waals surface area contributed by atoms with Gasteiger partial charge in [0.25, 0.3) is 0 Å². The lowest BCUT2D eigenvalue weighted by Gasteiger charge is -2.35. The highest BCUT2D eigenvalue weighted by Gasteiger charge is 2.36. The third kappa shape index (κ3) is 2.49. The van der Waals surface area contributed by atoms with Gasteiger partial charge in [0.15, 0.2) is 5.17 Å². The molecule has 1 atom stereocenters. The van der Waals surface area contributed by atoms with Crippen LogP contribution in [0.15, 0.2) is 4.99 Å². The molecule has 0 amide bonds. The minimum absolute atomic E-state index is 0.579. The van der Waals surface area contributed by atoms with Gasteiger partial charge in [-0.2, -0.15) is 0 Å². The van der Waals surface area contributed by atoms with Crippen molar-refractivity contribution in [2.24, 2.45) is 16.3 Å². The predicted octanol–water partition coefficient (Wildman–Crippen LogP) is 3.43. The molecule has 2 fully saturated rings. The predicted molar refractivity (Wildman–Crippen MR) is 75.6 cm³/mol. The molecule has 3 aliphatic rings. The molecule has 0 bridgehead atoms. The van der Waals surface area contributed by atoms with Crippen molar-refractivity contribution in [1.82, 2.24) is 5.32 Å². The van der Waals surface area contributed by atoms with Gasteiger partial charge in [0.05, 0.1) is 0 Å². The van der Waals surface area contributed by atoms with Crippen molar-refractivity contribution < 1.29 is 0 Å². The highest BCUT2D eigenvalue weighted by molar-refractivity contribution is 8.13. The van der Waals surface area contributed by atoms with Gasteiger partial charge in [0.1, 0.15) is 0 Å². The SMILES string of the molecule is CC(NC1=NCC2(CCCC2)CS1)C1CCC1. The second kappa shape index (κ2) is 4.83. The van der Waals surface area contributed by atoms with Crippen molar-refractivity contribution in [2.45, 2.75) is 57.9 Å². The topological polar surface area (TPSA) is 24.4 Å². The van der Waals surface area contributed by atoms with E-state index in [2.05, 4.69) is 12.2 Å². The molecule has 0 saturated heterocycles. The van der Waals surface area contributed by atoms with Crippen LogP contribution in [0, 0.1) is 11.3 Å². The van der Waals surface area contributed by atoms with Gasteiger partial charge in [0, 0.05) is 18.3 Å². The normalized spacial score (nSPS) is 29.8. The van der Waals surface area contributed by atoms with Gasteiger partial charge < -0.3 is 5.32 Å². The lowest BCUT2D eigenvalue weighted by Crippen LogP contribution is -2.42. The first-order chi connectivity index (χ1) is 8.27. The number of nitrogens with one attached hydrogen (secondary N) is 1. The molecule has 1 aliphatic heterocycles. The largest absolute Gasteiger partial charge is 0.362 e. The molecule has 2 saturated carbocycles. The van der Waals surface area contributed by atoms with Crippen LogP contribution in [0.5, 0.6) is 0 Å². The molecule has 96 valence electrons. The summed E-state index contributed by atoms with van der Waals surface area (Å²) in [6.07, 6.45) is 9.93. The highest BCUT2D eigenvalue weighted by atomic mass is 32.2. The van der Waals surface area contributed by atoms with Crippen LogP contribution in [0.3, 0.4) is 0 Å². The van der Waals surface area contributed by atoms with Crippen molar-refractivity contribution in [3.63, 3.8) is 0 Å². The van der Waals surface area contributed by atoms with Gasteiger partial charge in [-0.05, 0) is 43.9 Å². The van der Waals surface area contributed by atoms with E-state index in [1.165, 1.54) is 55.9 Å².